The van der Waals surface area contributed by atoms with E-state index in [-0.39, 0.29) is 11.4 Å². The zero-order valence-electron chi connectivity index (χ0n) is 11.7. The molecule has 0 aliphatic heterocycles. The molecule has 0 amide bonds. The lowest BCUT2D eigenvalue weighted by molar-refractivity contribution is -0.385. The number of halogens is 1. The summed E-state index contributed by atoms with van der Waals surface area (Å²) < 4.78 is 5.62. The lowest BCUT2D eigenvalue weighted by atomic mass is 10.2. The number of nitro groups is 1. The van der Waals surface area contributed by atoms with Gasteiger partial charge < -0.3 is 10.1 Å². The predicted octanol–water partition coefficient (Wildman–Crippen LogP) is 4.07. The molecule has 1 N–H and O–H groups in total. The number of nitrogens with zero attached hydrogens (tertiary/aromatic N) is 1. The standard InChI is InChI=1S/C15H15ClN2O3/c1-10-3-6-14(18(19)20)15(7-10)21-12-5-4-11(9-17-2)13(16)8-12/h3-8,17H,9H2,1-2H3. The summed E-state index contributed by atoms with van der Waals surface area (Å²) in [5.41, 5.74) is 1.75. The Morgan fingerprint density at radius 1 is 1.29 bits per heavy atom. The van der Waals surface area contributed by atoms with Crippen LogP contribution in [0.2, 0.25) is 5.02 Å². The number of aryl methyl sites for hydroxylation is 1. The van der Waals surface area contributed by atoms with Gasteiger partial charge in [-0.3, -0.25) is 10.1 Å². The van der Waals surface area contributed by atoms with Gasteiger partial charge in [0, 0.05) is 17.6 Å². The molecule has 2 aromatic rings. The van der Waals surface area contributed by atoms with Gasteiger partial charge in [0.05, 0.1) is 4.92 Å². The molecule has 0 saturated heterocycles. The summed E-state index contributed by atoms with van der Waals surface area (Å²) in [6.45, 7) is 2.49. The Balaban J connectivity index is 2.32. The molecule has 0 aromatic heterocycles. The molecule has 2 aromatic carbocycles. The van der Waals surface area contributed by atoms with E-state index in [1.54, 1.807) is 24.3 Å². The van der Waals surface area contributed by atoms with Crippen molar-refractivity contribution in [3.8, 4) is 11.5 Å². The monoisotopic (exact) mass is 306 g/mol. The van der Waals surface area contributed by atoms with Crippen LogP contribution in [-0.2, 0) is 6.54 Å². The van der Waals surface area contributed by atoms with Gasteiger partial charge in [-0.1, -0.05) is 23.7 Å². The third-order valence-electron chi connectivity index (χ3n) is 2.93. The van der Waals surface area contributed by atoms with E-state index in [2.05, 4.69) is 5.32 Å². The Morgan fingerprint density at radius 2 is 2.05 bits per heavy atom. The number of ether oxygens (including phenoxy) is 1. The van der Waals surface area contributed by atoms with Crippen molar-refractivity contribution >= 4 is 17.3 Å². The fourth-order valence-electron chi connectivity index (χ4n) is 1.91. The molecule has 0 saturated carbocycles. The minimum absolute atomic E-state index is 0.0731. The Kier molecular flexibility index (Phi) is 4.77. The van der Waals surface area contributed by atoms with Crippen molar-refractivity contribution in [3.05, 3.63) is 62.7 Å². The molecule has 21 heavy (non-hydrogen) atoms. The molecule has 2 rings (SSSR count). The van der Waals surface area contributed by atoms with Crippen LogP contribution >= 0.6 is 11.6 Å². The minimum Gasteiger partial charge on any atom is -0.450 e. The SMILES string of the molecule is CNCc1ccc(Oc2cc(C)ccc2[N+](=O)[O-])cc1Cl. The van der Waals surface area contributed by atoms with Gasteiger partial charge in [-0.25, -0.2) is 0 Å². The Labute approximate surface area is 127 Å². The van der Waals surface area contributed by atoms with E-state index in [4.69, 9.17) is 16.3 Å². The van der Waals surface area contributed by atoms with Gasteiger partial charge in [0.2, 0.25) is 5.75 Å². The minimum atomic E-state index is -0.467. The van der Waals surface area contributed by atoms with Crippen LogP contribution < -0.4 is 10.1 Å². The maximum absolute atomic E-state index is 11.0. The van der Waals surface area contributed by atoms with Crippen LogP contribution in [-0.4, -0.2) is 12.0 Å². The largest absolute Gasteiger partial charge is 0.450 e. The molecule has 6 heteroatoms. The van der Waals surface area contributed by atoms with E-state index in [1.807, 2.05) is 20.0 Å². The zero-order valence-corrected chi connectivity index (χ0v) is 12.5. The third kappa shape index (κ3) is 3.71. The highest BCUT2D eigenvalue weighted by atomic mass is 35.5. The highest BCUT2D eigenvalue weighted by molar-refractivity contribution is 6.31. The fourth-order valence-corrected chi connectivity index (χ4v) is 2.14. The Morgan fingerprint density at radius 3 is 2.67 bits per heavy atom. The maximum atomic E-state index is 11.0. The van der Waals surface area contributed by atoms with Crippen molar-refractivity contribution in [3.63, 3.8) is 0 Å². The third-order valence-corrected chi connectivity index (χ3v) is 3.28. The first-order chi connectivity index (χ1) is 10.0. The predicted molar refractivity (Wildman–Crippen MR) is 82.1 cm³/mol. The molecule has 0 aliphatic rings. The lowest BCUT2D eigenvalue weighted by Crippen LogP contribution is -2.05. The van der Waals surface area contributed by atoms with E-state index in [0.717, 1.165) is 11.1 Å². The zero-order chi connectivity index (χ0) is 15.4. The second kappa shape index (κ2) is 6.56. The molecule has 0 fully saturated rings. The number of nitro benzene ring substituents is 1. The van der Waals surface area contributed by atoms with Crippen molar-refractivity contribution in [2.45, 2.75) is 13.5 Å². The van der Waals surface area contributed by atoms with Gasteiger partial charge in [-0.15, -0.1) is 0 Å². The normalized spacial score (nSPS) is 10.4. The van der Waals surface area contributed by atoms with Gasteiger partial charge in [0.25, 0.3) is 0 Å². The fraction of sp³-hybridized carbons (Fsp3) is 0.200. The first-order valence-corrected chi connectivity index (χ1v) is 6.75. The van der Waals surface area contributed by atoms with E-state index >= 15 is 0 Å². The van der Waals surface area contributed by atoms with Gasteiger partial charge >= 0.3 is 5.69 Å². The number of rotatable bonds is 5. The average Bonchev–Trinajstić information content (AvgIpc) is 2.42. The van der Waals surface area contributed by atoms with Crippen molar-refractivity contribution in [1.29, 1.82) is 0 Å². The molecule has 0 bridgehead atoms. The van der Waals surface area contributed by atoms with Gasteiger partial charge in [-0.05, 0) is 43.3 Å². The summed E-state index contributed by atoms with van der Waals surface area (Å²) in [4.78, 5) is 10.6. The molecule has 0 unspecified atom stereocenters. The number of hydrogen-bond acceptors (Lipinski definition) is 4. The van der Waals surface area contributed by atoms with Gasteiger partial charge in [0.1, 0.15) is 5.75 Å². The van der Waals surface area contributed by atoms with Crippen LogP contribution in [0.4, 0.5) is 5.69 Å². The second-order valence-corrected chi connectivity index (χ2v) is 5.02. The van der Waals surface area contributed by atoms with Crippen molar-refractivity contribution in [2.24, 2.45) is 0 Å². The summed E-state index contributed by atoms with van der Waals surface area (Å²) in [6.07, 6.45) is 0. The lowest BCUT2D eigenvalue weighted by Gasteiger charge is -2.09. The van der Waals surface area contributed by atoms with Gasteiger partial charge in [0.15, 0.2) is 0 Å². The molecular weight excluding hydrogens is 292 g/mol. The van der Waals surface area contributed by atoms with Crippen LogP contribution in [0.5, 0.6) is 11.5 Å². The molecule has 0 aliphatic carbocycles. The second-order valence-electron chi connectivity index (χ2n) is 4.61. The summed E-state index contributed by atoms with van der Waals surface area (Å²) in [7, 11) is 1.83. The first kappa shape index (κ1) is 15.3. The summed E-state index contributed by atoms with van der Waals surface area (Å²) in [5.74, 6) is 0.672. The first-order valence-electron chi connectivity index (χ1n) is 6.37. The smallest absolute Gasteiger partial charge is 0.311 e. The van der Waals surface area contributed by atoms with E-state index in [0.29, 0.717) is 17.3 Å². The van der Waals surface area contributed by atoms with Crippen LogP contribution in [0.3, 0.4) is 0 Å². The van der Waals surface area contributed by atoms with E-state index in [9.17, 15) is 10.1 Å². The quantitative estimate of drug-likeness (QED) is 0.668. The van der Waals surface area contributed by atoms with E-state index < -0.39 is 4.92 Å². The van der Waals surface area contributed by atoms with Crippen molar-refractivity contribution in [1.82, 2.24) is 5.32 Å². The van der Waals surface area contributed by atoms with Crippen LogP contribution in [0, 0.1) is 17.0 Å². The summed E-state index contributed by atoms with van der Waals surface area (Å²) in [5, 5.41) is 14.6. The van der Waals surface area contributed by atoms with Crippen LogP contribution in [0.15, 0.2) is 36.4 Å². The van der Waals surface area contributed by atoms with Crippen molar-refractivity contribution < 1.29 is 9.66 Å². The molecule has 0 heterocycles. The highest BCUT2D eigenvalue weighted by Crippen LogP contribution is 2.33. The number of benzene rings is 2. The molecule has 0 radical (unpaired) electrons. The molecular formula is C15H15ClN2O3. The molecule has 5 nitrogen and oxygen atoms in total. The van der Waals surface area contributed by atoms with Crippen LogP contribution in [0.25, 0.3) is 0 Å². The Hall–Kier alpha value is -2.11. The number of hydrogen-bond donors (Lipinski definition) is 1. The number of nitrogens with one attached hydrogen (secondary N) is 1. The van der Waals surface area contributed by atoms with Crippen molar-refractivity contribution in [2.75, 3.05) is 7.05 Å². The van der Waals surface area contributed by atoms with E-state index in [1.165, 1.54) is 6.07 Å². The van der Waals surface area contributed by atoms with Gasteiger partial charge in [-0.2, -0.15) is 0 Å². The Bertz CT molecular complexity index is 674. The summed E-state index contributed by atoms with van der Waals surface area (Å²) >= 11 is 6.15. The summed E-state index contributed by atoms with van der Waals surface area (Å²) in [6, 6.07) is 9.96. The average molecular weight is 307 g/mol. The molecule has 0 spiro atoms. The van der Waals surface area contributed by atoms with Crippen LogP contribution in [0.1, 0.15) is 11.1 Å². The highest BCUT2D eigenvalue weighted by Gasteiger charge is 2.16. The maximum Gasteiger partial charge on any atom is 0.311 e. The topological polar surface area (TPSA) is 64.4 Å². The molecule has 110 valence electrons. The molecule has 0 atom stereocenters.